The summed E-state index contributed by atoms with van der Waals surface area (Å²) in [6.45, 7) is 3.63. The number of esters is 1. The molecule has 12 heteroatoms. The predicted molar refractivity (Wildman–Crippen MR) is 206 cm³/mol. The highest BCUT2D eigenvalue weighted by molar-refractivity contribution is 7.98. The summed E-state index contributed by atoms with van der Waals surface area (Å²) in [6.07, 6.45) is 1.16. The fraction of sp³-hybridized carbons (Fsp3) is 0.300. The lowest BCUT2D eigenvalue weighted by Gasteiger charge is -2.17. The van der Waals surface area contributed by atoms with Crippen LogP contribution >= 0.6 is 35.0 Å². The number of methoxy groups -OCH3 is 1. The van der Waals surface area contributed by atoms with Crippen LogP contribution in [-0.4, -0.2) is 52.4 Å². The number of halogens is 2. The summed E-state index contributed by atoms with van der Waals surface area (Å²) >= 11 is 15.1. The molecular weight excluding hydrogens is 721 g/mol. The molecule has 0 fully saturated rings. The van der Waals surface area contributed by atoms with Gasteiger partial charge in [-0.1, -0.05) is 47.5 Å². The molecule has 270 valence electrons. The van der Waals surface area contributed by atoms with Gasteiger partial charge in [-0.2, -0.15) is 5.10 Å². The average Bonchev–Trinajstić information content (AvgIpc) is 3.67. The average molecular weight is 761 g/mol. The number of aromatic nitrogens is 3. The van der Waals surface area contributed by atoms with Gasteiger partial charge in [-0.15, -0.1) is 11.8 Å². The third-order valence-corrected chi connectivity index (χ3v) is 10.9. The van der Waals surface area contributed by atoms with Gasteiger partial charge in [0.15, 0.2) is 0 Å². The van der Waals surface area contributed by atoms with E-state index < -0.39 is 5.97 Å². The van der Waals surface area contributed by atoms with Crippen LogP contribution in [0.15, 0.2) is 71.6 Å². The largest absolute Gasteiger partial charge is 0.497 e. The number of fused-ring (bicyclic) bond motifs is 3. The van der Waals surface area contributed by atoms with Gasteiger partial charge in [-0.25, -0.2) is 4.79 Å². The van der Waals surface area contributed by atoms with E-state index in [4.69, 9.17) is 42.1 Å². The number of hydrogen-bond acceptors (Lipinski definition) is 8. The second-order valence-corrected chi connectivity index (χ2v) is 14.4. The molecule has 0 bridgehead atoms. The van der Waals surface area contributed by atoms with Crippen molar-refractivity contribution in [2.45, 2.75) is 50.2 Å². The number of carbonyl (C=O) groups excluding carboxylic acids is 1. The predicted octanol–water partition coefficient (Wildman–Crippen LogP) is 9.01. The van der Waals surface area contributed by atoms with Crippen molar-refractivity contribution in [1.29, 1.82) is 0 Å². The Morgan fingerprint density at radius 2 is 1.87 bits per heavy atom. The molecule has 0 unspecified atom stereocenters. The minimum Gasteiger partial charge on any atom is -0.497 e. The summed E-state index contributed by atoms with van der Waals surface area (Å²) in [4.78, 5) is 14.6. The Kier molecular flexibility index (Phi) is 11.0. The maximum Gasteiger partial charge on any atom is 0.355 e. The van der Waals surface area contributed by atoms with E-state index in [2.05, 4.69) is 29.4 Å². The van der Waals surface area contributed by atoms with Gasteiger partial charge in [-0.05, 0) is 78.7 Å². The maximum absolute atomic E-state index is 13.6. The van der Waals surface area contributed by atoms with Crippen molar-refractivity contribution in [3.8, 4) is 22.6 Å². The van der Waals surface area contributed by atoms with Gasteiger partial charge in [0.05, 0.1) is 68.6 Å². The van der Waals surface area contributed by atoms with Gasteiger partial charge in [-0.3, -0.25) is 4.68 Å². The van der Waals surface area contributed by atoms with Crippen molar-refractivity contribution in [2.24, 2.45) is 7.05 Å². The lowest BCUT2D eigenvalue weighted by Crippen LogP contribution is -2.17. The molecule has 0 atom stereocenters. The van der Waals surface area contributed by atoms with Crippen molar-refractivity contribution >= 4 is 62.6 Å². The number of aliphatic hydroxyl groups is 1. The number of carbonyl (C=O) groups is 1. The minimum absolute atomic E-state index is 0.238. The smallest absolute Gasteiger partial charge is 0.355 e. The van der Waals surface area contributed by atoms with Gasteiger partial charge in [0.1, 0.15) is 17.2 Å². The van der Waals surface area contributed by atoms with Gasteiger partial charge < -0.3 is 28.6 Å². The highest BCUT2D eigenvalue weighted by Crippen LogP contribution is 2.43. The standard InChI is InChI=1S/C40H39Cl2N3O6S/c1-4-50-40(47)39-29(30-13-14-32(42)36(38(30)44(39)2)37-33(21-46)43-45-15-17-49-22-34(37)45)6-5-16-51-35-20-28(18-25-9-10-26(41)19-31(25)35)52-23-24-7-11-27(48-3)12-8-24/h7-14,18-20,46H,4-6,15-17,21-23H2,1-3H3. The Balaban J connectivity index is 1.19. The van der Waals surface area contributed by atoms with Crippen LogP contribution in [-0.2, 0) is 48.5 Å². The molecule has 1 aliphatic rings. The van der Waals surface area contributed by atoms with Crippen LogP contribution in [0.2, 0.25) is 10.0 Å². The molecule has 1 N–H and O–H groups in total. The molecule has 0 saturated carbocycles. The number of aliphatic hydroxyl groups excluding tert-OH is 1. The molecule has 52 heavy (non-hydrogen) atoms. The lowest BCUT2D eigenvalue weighted by molar-refractivity contribution is 0.0514. The normalized spacial score (nSPS) is 12.7. The lowest BCUT2D eigenvalue weighted by atomic mass is 9.97. The molecule has 9 nitrogen and oxygen atoms in total. The second kappa shape index (κ2) is 15.8. The molecule has 7 rings (SSSR count). The van der Waals surface area contributed by atoms with E-state index >= 15 is 0 Å². The quantitative estimate of drug-likeness (QED) is 0.0708. The minimum atomic E-state index is -0.413. The number of benzene rings is 4. The van der Waals surface area contributed by atoms with Crippen molar-refractivity contribution in [3.05, 3.63) is 105 Å². The van der Waals surface area contributed by atoms with Gasteiger partial charge in [0, 0.05) is 44.6 Å². The molecule has 0 amide bonds. The van der Waals surface area contributed by atoms with Gasteiger partial charge >= 0.3 is 5.97 Å². The van der Waals surface area contributed by atoms with Gasteiger partial charge in [0.2, 0.25) is 0 Å². The Morgan fingerprint density at radius 3 is 2.63 bits per heavy atom. The highest BCUT2D eigenvalue weighted by Gasteiger charge is 2.29. The van der Waals surface area contributed by atoms with Crippen molar-refractivity contribution in [3.63, 3.8) is 0 Å². The van der Waals surface area contributed by atoms with Crippen LogP contribution in [0, 0.1) is 0 Å². The topological polar surface area (TPSA) is 97.0 Å². The van der Waals surface area contributed by atoms with E-state index in [1.165, 1.54) is 5.56 Å². The number of ether oxygens (including phenoxy) is 4. The summed E-state index contributed by atoms with van der Waals surface area (Å²) in [5.74, 6) is 1.96. The van der Waals surface area contributed by atoms with Crippen LogP contribution in [0.4, 0.5) is 0 Å². The molecule has 1 aliphatic heterocycles. The van der Waals surface area contributed by atoms with E-state index in [1.807, 2.05) is 58.8 Å². The van der Waals surface area contributed by atoms with E-state index in [0.29, 0.717) is 66.2 Å². The first-order valence-electron chi connectivity index (χ1n) is 17.2. The molecule has 0 spiro atoms. The van der Waals surface area contributed by atoms with E-state index in [1.54, 1.807) is 25.8 Å². The van der Waals surface area contributed by atoms with Crippen molar-refractivity contribution in [1.82, 2.24) is 14.3 Å². The van der Waals surface area contributed by atoms with Crippen molar-refractivity contribution in [2.75, 3.05) is 26.9 Å². The molecule has 0 aliphatic carbocycles. The zero-order valence-corrected chi connectivity index (χ0v) is 31.5. The fourth-order valence-corrected chi connectivity index (χ4v) is 8.29. The highest BCUT2D eigenvalue weighted by atomic mass is 35.5. The van der Waals surface area contributed by atoms with Crippen LogP contribution in [0.3, 0.4) is 0 Å². The second-order valence-electron chi connectivity index (χ2n) is 12.5. The summed E-state index contributed by atoms with van der Waals surface area (Å²) in [7, 11) is 3.52. The Hall–Kier alpha value is -4.19. The Bertz CT molecular complexity index is 2270. The summed E-state index contributed by atoms with van der Waals surface area (Å²) in [5, 5.41) is 19.0. The van der Waals surface area contributed by atoms with E-state index in [9.17, 15) is 9.90 Å². The Morgan fingerprint density at radius 1 is 1.04 bits per heavy atom. The molecular formula is C40H39Cl2N3O6S. The SMILES string of the molecule is CCOC(=O)c1c(CCCOc2cc(SCc3ccc(OC)cc3)cc3ccc(Cl)cc23)c2ccc(Cl)c(-c3c(CO)nn4c3COCC4)c2n1C. The van der Waals surface area contributed by atoms with Crippen LogP contribution in [0.5, 0.6) is 11.5 Å². The third kappa shape index (κ3) is 7.10. The first kappa shape index (κ1) is 36.2. The van der Waals surface area contributed by atoms with E-state index in [-0.39, 0.29) is 13.2 Å². The fourth-order valence-electron chi connectivity index (χ4n) is 6.95. The monoisotopic (exact) mass is 759 g/mol. The first-order chi connectivity index (χ1) is 25.3. The molecule has 2 aromatic heterocycles. The number of hydrogen-bond donors (Lipinski definition) is 1. The molecule has 3 heterocycles. The molecule has 6 aromatic rings. The summed E-state index contributed by atoms with van der Waals surface area (Å²) in [5.41, 5.74) is 6.06. The zero-order chi connectivity index (χ0) is 36.4. The van der Waals surface area contributed by atoms with Crippen LogP contribution in [0.25, 0.3) is 32.8 Å². The maximum atomic E-state index is 13.6. The number of rotatable bonds is 13. The number of nitrogens with zero attached hydrogens (tertiary/aromatic N) is 3. The molecule has 0 saturated heterocycles. The third-order valence-electron chi connectivity index (χ3n) is 9.34. The summed E-state index contributed by atoms with van der Waals surface area (Å²) in [6, 6.07) is 21.9. The zero-order valence-electron chi connectivity index (χ0n) is 29.2. The van der Waals surface area contributed by atoms with Crippen LogP contribution < -0.4 is 9.47 Å². The molecule has 0 radical (unpaired) electrons. The Labute approximate surface area is 316 Å². The van der Waals surface area contributed by atoms with Crippen molar-refractivity contribution < 1.29 is 28.8 Å². The summed E-state index contributed by atoms with van der Waals surface area (Å²) < 4.78 is 26.9. The molecule has 4 aromatic carbocycles. The van der Waals surface area contributed by atoms with E-state index in [0.717, 1.165) is 60.6 Å². The van der Waals surface area contributed by atoms with Crippen LogP contribution in [0.1, 0.15) is 46.3 Å². The first-order valence-corrected chi connectivity index (χ1v) is 18.9. The van der Waals surface area contributed by atoms with Gasteiger partial charge in [0.25, 0.3) is 0 Å². The number of thioether (sulfide) groups is 1. The number of aryl methyl sites for hydroxylation is 2.